The van der Waals surface area contributed by atoms with Crippen molar-refractivity contribution < 1.29 is 19.4 Å². The van der Waals surface area contributed by atoms with E-state index in [9.17, 15) is 14.7 Å². The molecule has 3 N–H and O–H groups in total. The van der Waals surface area contributed by atoms with E-state index in [4.69, 9.17) is 16.3 Å². The number of halogens is 1. The van der Waals surface area contributed by atoms with Gasteiger partial charge in [0.15, 0.2) is 0 Å². The number of fused-ring (bicyclic) bond motifs is 1. The van der Waals surface area contributed by atoms with Gasteiger partial charge in [0.05, 0.1) is 23.5 Å². The quantitative estimate of drug-likeness (QED) is 0.351. The Bertz CT molecular complexity index is 1380. The van der Waals surface area contributed by atoms with Crippen molar-refractivity contribution in [2.75, 3.05) is 31.7 Å². The van der Waals surface area contributed by atoms with Crippen LogP contribution in [0, 0.1) is 0 Å². The Hall–Kier alpha value is -3.79. The van der Waals surface area contributed by atoms with Crippen LogP contribution >= 0.6 is 11.6 Å². The first-order chi connectivity index (χ1) is 18.9. The summed E-state index contributed by atoms with van der Waals surface area (Å²) in [5.74, 6) is -0.197. The smallest absolute Gasteiger partial charge is 0.254 e. The minimum absolute atomic E-state index is 0.168. The summed E-state index contributed by atoms with van der Waals surface area (Å²) in [5.41, 5.74) is 2.06. The van der Waals surface area contributed by atoms with Gasteiger partial charge in [-0.2, -0.15) is 0 Å². The van der Waals surface area contributed by atoms with Crippen LogP contribution in [0.25, 0.3) is 11.3 Å². The van der Waals surface area contributed by atoms with Gasteiger partial charge >= 0.3 is 0 Å². The zero-order chi connectivity index (χ0) is 27.4. The van der Waals surface area contributed by atoms with E-state index in [0.717, 1.165) is 18.4 Å². The normalized spacial score (nSPS) is 16.9. The fourth-order valence-corrected chi connectivity index (χ4v) is 5.13. The van der Waals surface area contributed by atoms with E-state index < -0.39 is 11.4 Å². The van der Waals surface area contributed by atoms with E-state index in [1.165, 1.54) is 11.0 Å². The molecule has 202 valence electrons. The first kappa shape index (κ1) is 26.8. The van der Waals surface area contributed by atoms with Gasteiger partial charge < -0.3 is 25.4 Å². The van der Waals surface area contributed by atoms with Crippen molar-refractivity contribution in [1.29, 1.82) is 0 Å². The number of aliphatic hydroxyl groups excluding tert-OH is 1. The molecule has 1 aromatic heterocycles. The Morgan fingerprint density at radius 3 is 2.72 bits per heavy atom. The van der Waals surface area contributed by atoms with Crippen LogP contribution in [-0.2, 0) is 21.6 Å². The second-order valence-corrected chi connectivity index (χ2v) is 10.1. The van der Waals surface area contributed by atoms with Crippen LogP contribution in [0.3, 0.4) is 0 Å². The monoisotopic (exact) mass is 547 g/mol. The molecule has 5 rings (SSSR count). The summed E-state index contributed by atoms with van der Waals surface area (Å²) >= 11 is 6.45. The number of aliphatic hydroxyl groups is 1. The number of nitrogens with one attached hydrogen (secondary N) is 2. The Labute approximate surface area is 231 Å². The molecule has 1 atom stereocenters. The van der Waals surface area contributed by atoms with Gasteiger partial charge in [-0.25, -0.2) is 9.97 Å². The molecule has 1 saturated heterocycles. The van der Waals surface area contributed by atoms with Gasteiger partial charge in [0, 0.05) is 36.9 Å². The summed E-state index contributed by atoms with van der Waals surface area (Å²) in [7, 11) is 0. The molecule has 0 spiro atoms. The average Bonchev–Trinajstić information content (AvgIpc) is 3.27. The third kappa shape index (κ3) is 5.66. The second kappa shape index (κ2) is 11.5. The Morgan fingerprint density at radius 2 is 2.00 bits per heavy atom. The number of aromatic nitrogens is 2. The Balaban J connectivity index is 1.30. The molecule has 2 amide bonds. The van der Waals surface area contributed by atoms with Gasteiger partial charge in [-0.15, -0.1) is 6.58 Å². The van der Waals surface area contributed by atoms with Crippen molar-refractivity contribution in [3.8, 4) is 11.3 Å². The maximum atomic E-state index is 13.3. The predicted octanol–water partition coefficient (Wildman–Crippen LogP) is 3.53. The maximum Gasteiger partial charge on any atom is 0.254 e. The molecule has 3 heterocycles. The van der Waals surface area contributed by atoms with Gasteiger partial charge in [-0.05, 0) is 30.0 Å². The molecule has 2 aliphatic heterocycles. The fourth-order valence-electron chi connectivity index (χ4n) is 4.93. The molecular formula is C29H30ClN5O4. The summed E-state index contributed by atoms with van der Waals surface area (Å²) in [5, 5.41) is 16.7. The fraction of sp³-hybridized carbons (Fsp3) is 0.310. The summed E-state index contributed by atoms with van der Waals surface area (Å²) in [4.78, 5) is 36.7. The molecule has 0 bridgehead atoms. The zero-order valence-corrected chi connectivity index (χ0v) is 22.2. The number of hydrogen-bond donors (Lipinski definition) is 3. The van der Waals surface area contributed by atoms with Crippen LogP contribution in [0.4, 0.5) is 5.95 Å². The van der Waals surface area contributed by atoms with Gasteiger partial charge in [0.25, 0.3) is 5.91 Å². The molecule has 0 saturated carbocycles. The molecule has 2 aliphatic rings. The number of carbonyl (C=O) groups is 2. The van der Waals surface area contributed by atoms with Gasteiger partial charge in [-0.3, -0.25) is 9.59 Å². The molecule has 0 radical (unpaired) electrons. The number of nitrogens with zero attached hydrogens (tertiary/aromatic N) is 3. The lowest BCUT2D eigenvalue weighted by Gasteiger charge is -2.31. The Morgan fingerprint density at radius 1 is 1.23 bits per heavy atom. The second-order valence-electron chi connectivity index (χ2n) is 9.70. The van der Waals surface area contributed by atoms with E-state index in [0.29, 0.717) is 53.1 Å². The number of rotatable bonds is 9. The topological polar surface area (TPSA) is 117 Å². The minimum Gasteiger partial charge on any atom is -0.393 e. The van der Waals surface area contributed by atoms with Crippen LogP contribution in [0.15, 0.2) is 67.4 Å². The van der Waals surface area contributed by atoms with Crippen molar-refractivity contribution in [1.82, 2.24) is 20.2 Å². The lowest BCUT2D eigenvalue weighted by atomic mass is 9.90. The molecule has 2 aromatic carbocycles. The van der Waals surface area contributed by atoms with Gasteiger partial charge in [-0.1, -0.05) is 60.1 Å². The Kier molecular flexibility index (Phi) is 7.92. The molecule has 39 heavy (non-hydrogen) atoms. The average molecular weight is 548 g/mol. The van der Waals surface area contributed by atoms with Crippen molar-refractivity contribution in [3.63, 3.8) is 0 Å². The lowest BCUT2D eigenvalue weighted by molar-refractivity contribution is -0.123. The number of carbonyl (C=O) groups excluding carboxylic acids is 2. The van der Waals surface area contributed by atoms with E-state index in [1.807, 2.05) is 30.3 Å². The van der Waals surface area contributed by atoms with E-state index in [2.05, 4.69) is 27.2 Å². The first-order valence-corrected chi connectivity index (χ1v) is 13.2. The minimum atomic E-state index is -1.15. The highest BCUT2D eigenvalue weighted by Gasteiger charge is 2.34. The molecule has 0 aliphatic carbocycles. The highest BCUT2D eigenvalue weighted by Crippen LogP contribution is 2.32. The maximum absolute atomic E-state index is 13.3. The molecule has 9 nitrogen and oxygen atoms in total. The number of hydrogen-bond acceptors (Lipinski definition) is 7. The van der Waals surface area contributed by atoms with Crippen molar-refractivity contribution in [2.24, 2.45) is 0 Å². The molecule has 1 fully saturated rings. The highest BCUT2D eigenvalue weighted by atomic mass is 35.5. The third-order valence-electron chi connectivity index (χ3n) is 7.14. The van der Waals surface area contributed by atoms with E-state index in [-0.39, 0.29) is 25.1 Å². The van der Waals surface area contributed by atoms with Crippen LogP contribution < -0.4 is 10.6 Å². The van der Waals surface area contributed by atoms with Crippen LogP contribution in [0.1, 0.15) is 34.3 Å². The van der Waals surface area contributed by atoms with Crippen LogP contribution in [0.5, 0.6) is 0 Å². The SMILES string of the molecule is C=CC(CO)(NC(=O)CN1Cc2ccc(-c3nc(NC4CCOCC4)ncc3Cl)cc2C1=O)c1ccccc1. The van der Waals surface area contributed by atoms with E-state index >= 15 is 0 Å². The van der Waals surface area contributed by atoms with Crippen LogP contribution in [0.2, 0.25) is 5.02 Å². The van der Waals surface area contributed by atoms with Gasteiger partial charge in [0.2, 0.25) is 11.9 Å². The molecule has 10 heteroatoms. The van der Waals surface area contributed by atoms with Crippen molar-refractivity contribution in [3.05, 3.63) is 89.1 Å². The summed E-state index contributed by atoms with van der Waals surface area (Å²) < 4.78 is 5.41. The largest absolute Gasteiger partial charge is 0.393 e. The lowest BCUT2D eigenvalue weighted by Crippen LogP contribution is -2.50. The van der Waals surface area contributed by atoms with Crippen molar-refractivity contribution in [2.45, 2.75) is 31.0 Å². The molecular weight excluding hydrogens is 518 g/mol. The predicted molar refractivity (Wildman–Crippen MR) is 148 cm³/mol. The molecule has 3 aromatic rings. The number of benzene rings is 2. The number of ether oxygens (including phenoxy) is 1. The summed E-state index contributed by atoms with van der Waals surface area (Å²) in [6, 6.07) is 14.8. The summed E-state index contributed by atoms with van der Waals surface area (Å²) in [6.07, 6.45) is 4.80. The number of amides is 2. The summed E-state index contributed by atoms with van der Waals surface area (Å²) in [6.45, 7) is 4.96. The third-order valence-corrected chi connectivity index (χ3v) is 7.42. The van der Waals surface area contributed by atoms with E-state index in [1.54, 1.807) is 24.4 Å². The zero-order valence-electron chi connectivity index (χ0n) is 21.4. The molecule has 1 unspecified atom stereocenters. The van der Waals surface area contributed by atoms with Crippen molar-refractivity contribution >= 4 is 29.4 Å². The van der Waals surface area contributed by atoms with Crippen LogP contribution in [-0.4, -0.2) is 64.2 Å². The number of anilines is 1. The highest BCUT2D eigenvalue weighted by molar-refractivity contribution is 6.33. The first-order valence-electron chi connectivity index (χ1n) is 12.8. The van der Waals surface area contributed by atoms with Gasteiger partial charge in [0.1, 0.15) is 12.1 Å². The standard InChI is InChI=1S/C29H30ClN5O4/c1-2-29(18-36,21-6-4-3-5-7-21)34-25(37)17-35-16-20-9-8-19(14-23(20)27(35)38)26-24(30)15-31-28(33-26)32-22-10-12-39-13-11-22/h2-9,14-15,22,36H,1,10-13,16-18H2,(H,34,37)(H,31,32,33).